The number of nitrogens with one attached hydrogen (secondary N) is 2. The molecule has 0 rings (SSSR count). The average molecular weight is 252 g/mol. The van der Waals surface area contributed by atoms with Crippen molar-refractivity contribution < 1.29 is 14.7 Å². The molecule has 0 heterocycles. The van der Waals surface area contributed by atoms with Gasteiger partial charge in [0.15, 0.2) is 5.78 Å². The second-order valence-corrected chi connectivity index (χ2v) is 2.85. The number of carboxylic acid groups (broad SMARTS) is 1. The Labute approximate surface area is 107 Å². The lowest BCUT2D eigenvalue weighted by molar-refractivity contribution is -0.140. The fourth-order valence-electron chi connectivity index (χ4n) is 1.08. The Hall–Kier alpha value is -0.940. The van der Waals surface area contributed by atoms with E-state index in [-0.39, 0.29) is 48.5 Å². The molecule has 0 spiro atoms. The van der Waals surface area contributed by atoms with Crippen molar-refractivity contribution in [1.29, 1.82) is 0 Å². The topological polar surface area (TPSA) is 78.4 Å². The van der Waals surface area contributed by atoms with Crippen molar-refractivity contribution in [3.05, 3.63) is 0 Å². The predicted molar refractivity (Wildman–Crippen MR) is 75.5 cm³/mol. The molecule has 0 aliphatic rings. The normalized spacial score (nSPS) is 9.53. The Morgan fingerprint density at radius 1 is 1.06 bits per heavy atom. The highest BCUT2D eigenvalue weighted by Crippen LogP contribution is 2.02. The summed E-state index contributed by atoms with van der Waals surface area (Å²) in [5, 5.41) is 14.0. The van der Waals surface area contributed by atoms with Crippen LogP contribution in [0, 0.1) is 5.92 Å². The summed E-state index contributed by atoms with van der Waals surface area (Å²) in [6, 6.07) is 0. The summed E-state index contributed by atoms with van der Waals surface area (Å²) < 4.78 is 0. The van der Waals surface area contributed by atoms with Crippen molar-refractivity contribution in [3.63, 3.8) is 0 Å². The molecule has 1 unspecified atom stereocenters. The highest BCUT2D eigenvalue weighted by molar-refractivity contribution is 5.86. The van der Waals surface area contributed by atoms with Gasteiger partial charge in [0, 0.05) is 12.5 Å². The molecule has 17 heavy (non-hydrogen) atoms. The van der Waals surface area contributed by atoms with E-state index in [1.54, 1.807) is 14.1 Å². The summed E-state index contributed by atoms with van der Waals surface area (Å²) in [4.78, 5) is 21.7. The van der Waals surface area contributed by atoms with Crippen molar-refractivity contribution in [2.75, 3.05) is 27.2 Å². The van der Waals surface area contributed by atoms with E-state index in [2.05, 4.69) is 10.6 Å². The lowest BCUT2D eigenvalue weighted by atomic mass is 10.0. The number of carboxylic acids is 1. The molecule has 0 amide bonds. The van der Waals surface area contributed by atoms with Crippen molar-refractivity contribution in [2.45, 2.75) is 36.1 Å². The Kier molecular flexibility index (Phi) is 30.6. The molecule has 108 valence electrons. The van der Waals surface area contributed by atoms with Crippen molar-refractivity contribution in [3.8, 4) is 0 Å². The molecule has 0 bridgehead atoms. The van der Waals surface area contributed by atoms with Crippen LogP contribution in [0.3, 0.4) is 0 Å². The van der Waals surface area contributed by atoms with Crippen molar-refractivity contribution in [2.24, 2.45) is 5.92 Å². The van der Waals surface area contributed by atoms with Crippen LogP contribution < -0.4 is 10.6 Å². The first-order valence-corrected chi connectivity index (χ1v) is 4.15. The quantitative estimate of drug-likeness (QED) is 0.642. The minimum absolute atomic E-state index is 0. The number of hydrogen-bond donors (Lipinski definition) is 3. The Bertz CT molecular complexity index is 185. The minimum atomic E-state index is -0.940. The molecular formula is C12H32N2O3. The van der Waals surface area contributed by atoms with Gasteiger partial charge in [0.05, 0.1) is 13.0 Å². The van der Waals surface area contributed by atoms with Crippen LogP contribution in [0.1, 0.15) is 36.1 Å². The third-order valence-electron chi connectivity index (χ3n) is 1.68. The monoisotopic (exact) mass is 252 g/mol. The number of ketones is 1. The Morgan fingerprint density at radius 3 is 1.82 bits per heavy atom. The van der Waals surface area contributed by atoms with Crippen LogP contribution in [-0.4, -0.2) is 44.0 Å². The van der Waals surface area contributed by atoms with Gasteiger partial charge in [-0.3, -0.25) is 9.59 Å². The number of carbonyl (C=O) groups excluding carboxylic acids is 1. The van der Waals surface area contributed by atoms with Crippen molar-refractivity contribution in [1.82, 2.24) is 10.6 Å². The van der Waals surface area contributed by atoms with Gasteiger partial charge >= 0.3 is 5.97 Å². The van der Waals surface area contributed by atoms with Gasteiger partial charge in [-0.05, 0) is 14.1 Å². The summed E-state index contributed by atoms with van der Waals surface area (Å²) in [7, 11) is 3.36. The van der Waals surface area contributed by atoms with Gasteiger partial charge in [-0.15, -0.1) is 0 Å². The first kappa shape index (κ1) is 29.8. The zero-order valence-corrected chi connectivity index (χ0v) is 7.96. The molecule has 0 saturated carbocycles. The standard InChI is InChI=1S/C8H16N2O3.4CH4/c1-9-4-6(3-8(12)13)7(11)5-10-2;;;;/h6,9-10H,3-5H2,1-2H3,(H,12,13);4*1H4. The first-order valence-electron chi connectivity index (χ1n) is 4.15. The predicted octanol–water partition coefficient (Wildman–Crippen LogP) is 1.63. The van der Waals surface area contributed by atoms with E-state index in [1.165, 1.54) is 0 Å². The van der Waals surface area contributed by atoms with E-state index in [0.29, 0.717) is 6.54 Å². The molecule has 0 aromatic rings. The SMILES string of the molecule is C.C.C.C.CNCC(=O)C(CNC)CC(=O)O. The van der Waals surface area contributed by atoms with Crippen LogP contribution in [0.25, 0.3) is 0 Å². The summed E-state index contributed by atoms with van der Waals surface area (Å²) in [6.07, 6.45) is -0.110. The van der Waals surface area contributed by atoms with E-state index >= 15 is 0 Å². The van der Waals surface area contributed by atoms with Crippen LogP contribution in [0.15, 0.2) is 0 Å². The van der Waals surface area contributed by atoms with Gasteiger partial charge < -0.3 is 15.7 Å². The van der Waals surface area contributed by atoms with Crippen molar-refractivity contribution >= 4 is 11.8 Å². The largest absolute Gasteiger partial charge is 0.481 e. The summed E-state index contributed by atoms with van der Waals surface area (Å²) in [5.74, 6) is -1.45. The third kappa shape index (κ3) is 15.1. The first-order chi connectivity index (χ1) is 6.11. The summed E-state index contributed by atoms with van der Waals surface area (Å²) in [6.45, 7) is 0.631. The maximum absolute atomic E-state index is 11.3. The van der Waals surface area contributed by atoms with Crippen LogP contribution in [-0.2, 0) is 9.59 Å². The number of aliphatic carboxylic acids is 1. The maximum Gasteiger partial charge on any atom is 0.304 e. The van der Waals surface area contributed by atoms with E-state index < -0.39 is 11.9 Å². The number of rotatable bonds is 7. The maximum atomic E-state index is 11.3. The highest BCUT2D eigenvalue weighted by Gasteiger charge is 2.19. The van der Waals surface area contributed by atoms with E-state index in [9.17, 15) is 9.59 Å². The second kappa shape index (κ2) is 17.5. The molecule has 5 nitrogen and oxygen atoms in total. The molecule has 0 radical (unpaired) electrons. The lowest BCUT2D eigenvalue weighted by Gasteiger charge is -2.12. The second-order valence-electron chi connectivity index (χ2n) is 2.85. The smallest absolute Gasteiger partial charge is 0.304 e. The van der Waals surface area contributed by atoms with E-state index in [1.807, 2.05) is 0 Å². The lowest BCUT2D eigenvalue weighted by Crippen LogP contribution is -2.33. The average Bonchev–Trinajstić information content (AvgIpc) is 2.03. The van der Waals surface area contributed by atoms with Gasteiger partial charge in [0.1, 0.15) is 0 Å². The number of Topliss-reactive ketones (excluding diaryl/α,β-unsaturated/α-hetero) is 1. The highest BCUT2D eigenvalue weighted by atomic mass is 16.4. The molecule has 5 heteroatoms. The zero-order chi connectivity index (χ0) is 10.3. The molecule has 0 aromatic carbocycles. The number of likely N-dealkylation sites (N-methyl/N-ethyl adjacent to an activating group) is 1. The number of hydrogen-bond acceptors (Lipinski definition) is 4. The van der Waals surface area contributed by atoms with Crippen LogP contribution in [0.2, 0.25) is 0 Å². The molecule has 0 saturated heterocycles. The number of carbonyl (C=O) groups is 2. The van der Waals surface area contributed by atoms with Gasteiger partial charge in [0.2, 0.25) is 0 Å². The summed E-state index contributed by atoms with van der Waals surface area (Å²) >= 11 is 0. The molecule has 1 atom stereocenters. The molecule has 0 aliphatic carbocycles. The van der Waals surface area contributed by atoms with E-state index in [4.69, 9.17) is 5.11 Å². The minimum Gasteiger partial charge on any atom is -0.481 e. The Morgan fingerprint density at radius 2 is 1.53 bits per heavy atom. The van der Waals surface area contributed by atoms with Crippen LogP contribution >= 0.6 is 0 Å². The molecule has 3 N–H and O–H groups in total. The van der Waals surface area contributed by atoms with Crippen LogP contribution in [0.4, 0.5) is 0 Å². The van der Waals surface area contributed by atoms with Crippen LogP contribution in [0.5, 0.6) is 0 Å². The molecular weight excluding hydrogens is 220 g/mol. The fraction of sp³-hybridized carbons (Fsp3) is 0.833. The third-order valence-corrected chi connectivity index (χ3v) is 1.68. The fourth-order valence-corrected chi connectivity index (χ4v) is 1.08. The molecule has 0 aliphatic heterocycles. The van der Waals surface area contributed by atoms with Gasteiger partial charge in [-0.1, -0.05) is 29.7 Å². The van der Waals surface area contributed by atoms with Gasteiger partial charge in [-0.25, -0.2) is 0 Å². The molecule has 0 fully saturated rings. The van der Waals surface area contributed by atoms with Gasteiger partial charge in [0.25, 0.3) is 0 Å². The molecule has 0 aromatic heterocycles. The van der Waals surface area contributed by atoms with E-state index in [0.717, 1.165) is 0 Å². The Balaban J connectivity index is -0.000000120. The summed E-state index contributed by atoms with van der Waals surface area (Å²) in [5.41, 5.74) is 0. The zero-order valence-electron chi connectivity index (χ0n) is 7.96. The van der Waals surface area contributed by atoms with Gasteiger partial charge in [-0.2, -0.15) is 0 Å².